The fraction of sp³-hybridized carbons (Fsp3) is 0.429. The van der Waals surface area contributed by atoms with Crippen LogP contribution in [0.5, 0.6) is 5.75 Å². The van der Waals surface area contributed by atoms with Crippen LogP contribution in [0.15, 0.2) is 54.6 Å². The van der Waals surface area contributed by atoms with E-state index in [1.807, 2.05) is 0 Å². The van der Waals surface area contributed by atoms with Crippen molar-refractivity contribution >= 4 is 0 Å². The minimum absolute atomic E-state index is 0.199. The normalized spacial score (nSPS) is 12.6. The quantitative estimate of drug-likeness (QED) is 0.743. The average Bonchev–Trinajstić information content (AvgIpc) is 2.61. The molecule has 0 fully saturated rings. The molecule has 24 heavy (non-hydrogen) atoms. The summed E-state index contributed by atoms with van der Waals surface area (Å²) < 4.78 is 5.68. The van der Waals surface area contributed by atoms with Gasteiger partial charge in [0.1, 0.15) is 5.75 Å². The molecule has 1 unspecified atom stereocenters. The van der Waals surface area contributed by atoms with Gasteiger partial charge < -0.3 is 10.5 Å². The van der Waals surface area contributed by atoms with Crippen LogP contribution in [-0.2, 0) is 6.54 Å². The Balaban J connectivity index is 2.16. The molecule has 2 aromatic carbocycles. The highest BCUT2D eigenvalue weighted by molar-refractivity contribution is 5.30. The smallest absolute Gasteiger partial charge is 0.119 e. The van der Waals surface area contributed by atoms with Crippen molar-refractivity contribution in [2.75, 3.05) is 13.2 Å². The Morgan fingerprint density at radius 3 is 2.21 bits per heavy atom. The van der Waals surface area contributed by atoms with E-state index in [1.165, 1.54) is 11.1 Å². The third kappa shape index (κ3) is 5.08. The van der Waals surface area contributed by atoms with Gasteiger partial charge in [-0.15, -0.1) is 0 Å². The maximum absolute atomic E-state index is 6.14. The predicted octanol–water partition coefficient (Wildman–Crippen LogP) is 4.39. The molecule has 0 heterocycles. The number of nitrogens with two attached hydrogens (primary N) is 1. The van der Waals surface area contributed by atoms with E-state index in [0.717, 1.165) is 25.3 Å². The number of hydrogen-bond donors (Lipinski definition) is 1. The largest absolute Gasteiger partial charge is 0.494 e. The molecular weight excluding hydrogens is 296 g/mol. The summed E-state index contributed by atoms with van der Waals surface area (Å²) in [5.74, 6) is 0.926. The number of hydrogen-bond acceptors (Lipinski definition) is 3. The van der Waals surface area contributed by atoms with E-state index in [9.17, 15) is 0 Å². The fourth-order valence-corrected chi connectivity index (χ4v) is 2.92. The Labute approximate surface area is 146 Å². The van der Waals surface area contributed by atoms with Crippen LogP contribution in [0.2, 0.25) is 0 Å². The maximum atomic E-state index is 6.14. The van der Waals surface area contributed by atoms with Gasteiger partial charge >= 0.3 is 0 Å². The zero-order chi connectivity index (χ0) is 17.4. The van der Waals surface area contributed by atoms with Gasteiger partial charge in [0, 0.05) is 25.2 Å². The van der Waals surface area contributed by atoms with Crippen LogP contribution >= 0.6 is 0 Å². The monoisotopic (exact) mass is 326 g/mol. The van der Waals surface area contributed by atoms with Gasteiger partial charge in [-0.1, -0.05) is 49.4 Å². The van der Waals surface area contributed by atoms with E-state index < -0.39 is 0 Å². The van der Waals surface area contributed by atoms with Crippen molar-refractivity contribution in [1.29, 1.82) is 0 Å². The fourth-order valence-electron chi connectivity index (χ4n) is 2.92. The Kier molecular flexibility index (Phi) is 7.29. The molecule has 3 nitrogen and oxygen atoms in total. The molecule has 0 spiro atoms. The summed E-state index contributed by atoms with van der Waals surface area (Å²) >= 11 is 0. The van der Waals surface area contributed by atoms with Crippen molar-refractivity contribution in [3.05, 3.63) is 65.7 Å². The molecule has 0 bridgehead atoms. The van der Waals surface area contributed by atoms with Crippen LogP contribution in [0.3, 0.4) is 0 Å². The summed E-state index contributed by atoms with van der Waals surface area (Å²) in [5, 5.41) is 0. The summed E-state index contributed by atoms with van der Waals surface area (Å²) in [6.45, 7) is 8.82. The second-order valence-corrected chi connectivity index (χ2v) is 6.42. The van der Waals surface area contributed by atoms with Crippen LogP contribution in [-0.4, -0.2) is 24.1 Å². The van der Waals surface area contributed by atoms with Crippen LogP contribution < -0.4 is 10.5 Å². The number of nitrogens with zero attached hydrogens (tertiary/aromatic N) is 1. The average molecular weight is 326 g/mol. The zero-order valence-corrected chi connectivity index (χ0v) is 15.1. The molecule has 0 amide bonds. The van der Waals surface area contributed by atoms with Crippen molar-refractivity contribution in [2.24, 2.45) is 5.73 Å². The first-order chi connectivity index (χ1) is 11.7. The Morgan fingerprint density at radius 1 is 1.00 bits per heavy atom. The summed E-state index contributed by atoms with van der Waals surface area (Å²) in [6, 6.07) is 19.6. The molecule has 2 aromatic rings. The lowest BCUT2D eigenvalue weighted by molar-refractivity contribution is 0.148. The zero-order valence-electron chi connectivity index (χ0n) is 15.1. The number of rotatable bonds is 9. The topological polar surface area (TPSA) is 38.5 Å². The lowest BCUT2D eigenvalue weighted by atomic mass is 10.0. The second-order valence-electron chi connectivity index (χ2n) is 6.42. The molecule has 130 valence electrons. The number of ether oxygens (including phenoxy) is 1. The van der Waals surface area contributed by atoms with E-state index in [1.54, 1.807) is 0 Å². The molecule has 0 radical (unpaired) electrons. The molecule has 2 N–H and O–H groups in total. The highest BCUT2D eigenvalue weighted by atomic mass is 16.5. The maximum Gasteiger partial charge on any atom is 0.119 e. The number of benzene rings is 2. The third-order valence-electron chi connectivity index (χ3n) is 4.23. The molecular formula is C21H30N2O. The first-order valence-electron chi connectivity index (χ1n) is 8.88. The first kappa shape index (κ1) is 18.5. The minimum Gasteiger partial charge on any atom is -0.494 e. The molecule has 0 saturated carbocycles. The van der Waals surface area contributed by atoms with Crippen molar-refractivity contribution in [3.63, 3.8) is 0 Å². The van der Waals surface area contributed by atoms with E-state index in [0.29, 0.717) is 12.6 Å². The van der Waals surface area contributed by atoms with Crippen LogP contribution in [0.4, 0.5) is 0 Å². The van der Waals surface area contributed by atoms with E-state index in [-0.39, 0.29) is 6.04 Å². The van der Waals surface area contributed by atoms with Gasteiger partial charge in [-0.3, -0.25) is 4.90 Å². The lowest BCUT2D eigenvalue weighted by Crippen LogP contribution is -2.38. The summed E-state index contributed by atoms with van der Waals surface area (Å²) in [6.07, 6.45) is 1.02. The second kappa shape index (κ2) is 9.45. The summed E-state index contributed by atoms with van der Waals surface area (Å²) in [7, 11) is 0. The van der Waals surface area contributed by atoms with Crippen LogP contribution in [0.1, 0.15) is 44.4 Å². The van der Waals surface area contributed by atoms with E-state index in [2.05, 4.69) is 80.3 Å². The molecule has 0 aliphatic carbocycles. The summed E-state index contributed by atoms with van der Waals surface area (Å²) in [4.78, 5) is 2.46. The van der Waals surface area contributed by atoms with Gasteiger partial charge in [-0.05, 0) is 43.5 Å². The SMILES string of the molecule is CCCOc1ccc(C(CN)N(Cc2ccccc2)C(C)C)cc1. The summed E-state index contributed by atoms with van der Waals surface area (Å²) in [5.41, 5.74) is 8.70. The van der Waals surface area contributed by atoms with Gasteiger partial charge in [-0.25, -0.2) is 0 Å². The molecule has 0 aliphatic heterocycles. The Morgan fingerprint density at radius 2 is 1.67 bits per heavy atom. The standard InChI is InChI=1S/C21H30N2O/c1-4-14-24-20-12-10-19(11-13-20)21(15-22)23(17(2)3)16-18-8-6-5-7-9-18/h5-13,17,21H,4,14-16,22H2,1-3H3. The molecule has 2 rings (SSSR count). The van der Waals surface area contributed by atoms with Crippen molar-refractivity contribution < 1.29 is 4.74 Å². The molecule has 1 atom stereocenters. The molecule has 0 aliphatic rings. The predicted molar refractivity (Wildman–Crippen MR) is 101 cm³/mol. The Hall–Kier alpha value is -1.84. The molecule has 3 heteroatoms. The third-order valence-corrected chi connectivity index (χ3v) is 4.23. The minimum atomic E-state index is 0.199. The van der Waals surface area contributed by atoms with Crippen molar-refractivity contribution in [1.82, 2.24) is 4.90 Å². The van der Waals surface area contributed by atoms with Crippen molar-refractivity contribution in [2.45, 2.75) is 45.8 Å². The van der Waals surface area contributed by atoms with E-state index >= 15 is 0 Å². The van der Waals surface area contributed by atoms with Crippen molar-refractivity contribution in [3.8, 4) is 5.75 Å². The first-order valence-corrected chi connectivity index (χ1v) is 8.88. The van der Waals surface area contributed by atoms with E-state index in [4.69, 9.17) is 10.5 Å². The molecule has 0 saturated heterocycles. The molecule has 0 aromatic heterocycles. The van der Waals surface area contributed by atoms with Gasteiger partial charge in [0.05, 0.1) is 6.61 Å². The van der Waals surface area contributed by atoms with Gasteiger partial charge in [-0.2, -0.15) is 0 Å². The van der Waals surface area contributed by atoms with Gasteiger partial charge in [0.25, 0.3) is 0 Å². The Bertz CT molecular complexity index is 581. The van der Waals surface area contributed by atoms with Crippen LogP contribution in [0.25, 0.3) is 0 Å². The van der Waals surface area contributed by atoms with Gasteiger partial charge in [0.15, 0.2) is 0 Å². The lowest BCUT2D eigenvalue weighted by Gasteiger charge is -2.35. The van der Waals surface area contributed by atoms with Crippen LogP contribution in [0, 0.1) is 0 Å². The highest BCUT2D eigenvalue weighted by Gasteiger charge is 2.22. The van der Waals surface area contributed by atoms with Gasteiger partial charge in [0.2, 0.25) is 0 Å². The highest BCUT2D eigenvalue weighted by Crippen LogP contribution is 2.26.